The minimum absolute atomic E-state index is 0.0837. The Kier molecular flexibility index (Phi) is 5.30. The summed E-state index contributed by atoms with van der Waals surface area (Å²) < 4.78 is 7.80. The van der Waals surface area contributed by atoms with Gasteiger partial charge in [0.2, 0.25) is 0 Å². The number of rotatable bonds is 4. The first-order valence-electron chi connectivity index (χ1n) is 10.1. The largest absolute Gasteiger partial charge is 0.494 e. The average molecular weight is 389 g/mol. The van der Waals surface area contributed by atoms with Gasteiger partial charge in [-0.2, -0.15) is 0 Å². The van der Waals surface area contributed by atoms with E-state index in [1.807, 2.05) is 48.2 Å². The SMILES string of the molecule is CCOc1ccc([C@H]2c3cccn3CCN2C(=O)Nc2ccc(C)c(C)c2)cc1. The van der Waals surface area contributed by atoms with E-state index in [1.165, 1.54) is 11.1 Å². The molecule has 2 aromatic carbocycles. The van der Waals surface area contributed by atoms with Crippen LogP contribution in [-0.2, 0) is 6.54 Å². The number of carbonyl (C=O) groups excluding carboxylic acids is 1. The zero-order valence-corrected chi connectivity index (χ0v) is 17.2. The summed E-state index contributed by atoms with van der Waals surface area (Å²) in [7, 11) is 0. The predicted octanol–water partition coefficient (Wildman–Crippen LogP) is 5.14. The van der Waals surface area contributed by atoms with Gasteiger partial charge in [0, 0.05) is 30.7 Å². The smallest absolute Gasteiger partial charge is 0.322 e. The van der Waals surface area contributed by atoms with Gasteiger partial charge in [-0.05, 0) is 73.9 Å². The molecule has 0 spiro atoms. The van der Waals surface area contributed by atoms with E-state index in [0.29, 0.717) is 13.2 Å². The van der Waals surface area contributed by atoms with Crippen LogP contribution >= 0.6 is 0 Å². The van der Waals surface area contributed by atoms with Crippen LogP contribution in [0.1, 0.15) is 35.3 Å². The molecule has 0 saturated carbocycles. The summed E-state index contributed by atoms with van der Waals surface area (Å²) in [6.07, 6.45) is 2.08. The van der Waals surface area contributed by atoms with E-state index in [2.05, 4.69) is 48.1 Å². The Balaban J connectivity index is 1.63. The zero-order valence-electron chi connectivity index (χ0n) is 17.2. The highest BCUT2D eigenvalue weighted by Crippen LogP contribution is 2.33. The summed E-state index contributed by atoms with van der Waals surface area (Å²) in [4.78, 5) is 15.1. The van der Waals surface area contributed by atoms with Gasteiger partial charge in [0.15, 0.2) is 0 Å². The third-order valence-corrected chi connectivity index (χ3v) is 5.56. The molecule has 5 heteroatoms. The Hall–Kier alpha value is -3.21. The molecule has 1 aliphatic heterocycles. The molecule has 5 nitrogen and oxygen atoms in total. The molecule has 4 rings (SSSR count). The third kappa shape index (κ3) is 3.86. The van der Waals surface area contributed by atoms with Crippen LogP contribution in [0.25, 0.3) is 0 Å². The highest BCUT2D eigenvalue weighted by atomic mass is 16.5. The number of urea groups is 1. The van der Waals surface area contributed by atoms with E-state index in [4.69, 9.17) is 4.74 Å². The molecule has 29 heavy (non-hydrogen) atoms. The molecule has 1 aromatic heterocycles. The molecule has 0 fully saturated rings. The number of amides is 2. The van der Waals surface area contributed by atoms with Crippen molar-refractivity contribution in [2.75, 3.05) is 18.5 Å². The van der Waals surface area contributed by atoms with Crippen LogP contribution < -0.4 is 10.1 Å². The average Bonchev–Trinajstić information content (AvgIpc) is 3.20. The molecular weight excluding hydrogens is 362 g/mol. The van der Waals surface area contributed by atoms with E-state index in [0.717, 1.165) is 29.2 Å². The van der Waals surface area contributed by atoms with Gasteiger partial charge < -0.3 is 19.5 Å². The van der Waals surface area contributed by atoms with Gasteiger partial charge in [0.1, 0.15) is 5.75 Å². The second-order valence-corrected chi connectivity index (χ2v) is 7.45. The Bertz CT molecular complexity index is 1010. The highest BCUT2D eigenvalue weighted by molar-refractivity contribution is 5.90. The van der Waals surface area contributed by atoms with Crippen LogP contribution in [0.4, 0.5) is 10.5 Å². The maximum atomic E-state index is 13.2. The number of anilines is 1. The van der Waals surface area contributed by atoms with E-state index in [9.17, 15) is 4.79 Å². The lowest BCUT2D eigenvalue weighted by Crippen LogP contribution is -2.44. The van der Waals surface area contributed by atoms with E-state index < -0.39 is 0 Å². The molecule has 2 heterocycles. The second-order valence-electron chi connectivity index (χ2n) is 7.45. The first-order chi connectivity index (χ1) is 14.1. The van der Waals surface area contributed by atoms with Crippen LogP contribution in [0.15, 0.2) is 60.8 Å². The summed E-state index contributed by atoms with van der Waals surface area (Å²) >= 11 is 0. The number of nitrogens with zero attached hydrogens (tertiary/aromatic N) is 2. The number of ether oxygens (including phenoxy) is 1. The molecule has 0 unspecified atom stereocenters. The topological polar surface area (TPSA) is 46.5 Å². The van der Waals surface area contributed by atoms with Crippen molar-refractivity contribution in [1.29, 1.82) is 0 Å². The summed E-state index contributed by atoms with van der Waals surface area (Å²) in [5.74, 6) is 0.841. The van der Waals surface area contributed by atoms with Gasteiger partial charge >= 0.3 is 6.03 Å². The number of fused-ring (bicyclic) bond motifs is 1. The van der Waals surface area contributed by atoms with Gasteiger partial charge in [-0.1, -0.05) is 18.2 Å². The lowest BCUT2D eigenvalue weighted by molar-refractivity contribution is 0.182. The first-order valence-corrected chi connectivity index (χ1v) is 10.1. The minimum Gasteiger partial charge on any atom is -0.494 e. The fourth-order valence-electron chi connectivity index (χ4n) is 3.88. The van der Waals surface area contributed by atoms with Crippen LogP contribution in [0.3, 0.4) is 0 Å². The van der Waals surface area contributed by atoms with Crippen molar-refractivity contribution in [2.45, 2.75) is 33.4 Å². The van der Waals surface area contributed by atoms with Crippen LogP contribution in [-0.4, -0.2) is 28.6 Å². The molecule has 1 N–H and O–H groups in total. The van der Waals surface area contributed by atoms with Crippen molar-refractivity contribution >= 4 is 11.7 Å². The number of aromatic nitrogens is 1. The highest BCUT2D eigenvalue weighted by Gasteiger charge is 2.32. The molecule has 1 atom stereocenters. The molecule has 0 aliphatic carbocycles. The number of nitrogens with one attached hydrogen (secondary N) is 1. The maximum absolute atomic E-state index is 13.2. The summed E-state index contributed by atoms with van der Waals surface area (Å²) in [6, 6.07) is 18.0. The Morgan fingerprint density at radius 1 is 1.07 bits per heavy atom. The van der Waals surface area contributed by atoms with Crippen molar-refractivity contribution in [3.63, 3.8) is 0 Å². The lowest BCUT2D eigenvalue weighted by atomic mass is 10.00. The number of carbonyl (C=O) groups is 1. The Morgan fingerprint density at radius 3 is 2.59 bits per heavy atom. The van der Waals surface area contributed by atoms with Gasteiger partial charge in [0.25, 0.3) is 0 Å². The van der Waals surface area contributed by atoms with Crippen molar-refractivity contribution in [3.05, 3.63) is 83.2 Å². The summed E-state index contributed by atoms with van der Waals surface area (Å²) in [5.41, 5.74) is 5.40. The summed E-state index contributed by atoms with van der Waals surface area (Å²) in [5, 5.41) is 3.09. The molecule has 0 bridgehead atoms. The predicted molar refractivity (Wildman–Crippen MR) is 116 cm³/mol. The Morgan fingerprint density at radius 2 is 1.86 bits per heavy atom. The molecule has 2 amide bonds. The molecular formula is C24H27N3O2. The van der Waals surface area contributed by atoms with Crippen LogP contribution in [0.5, 0.6) is 5.75 Å². The molecule has 3 aromatic rings. The van der Waals surface area contributed by atoms with Gasteiger partial charge in [0.05, 0.1) is 12.6 Å². The van der Waals surface area contributed by atoms with E-state index in [-0.39, 0.29) is 12.1 Å². The van der Waals surface area contributed by atoms with Crippen molar-refractivity contribution in [3.8, 4) is 5.75 Å². The summed E-state index contributed by atoms with van der Waals surface area (Å²) in [6.45, 7) is 8.17. The van der Waals surface area contributed by atoms with Gasteiger partial charge in [-0.25, -0.2) is 4.79 Å². The normalized spacial score (nSPS) is 15.7. The fraction of sp³-hybridized carbons (Fsp3) is 0.292. The third-order valence-electron chi connectivity index (χ3n) is 5.56. The quantitative estimate of drug-likeness (QED) is 0.671. The van der Waals surface area contributed by atoms with E-state index >= 15 is 0 Å². The maximum Gasteiger partial charge on any atom is 0.322 e. The Labute approximate surface area is 171 Å². The second kappa shape index (κ2) is 8.03. The van der Waals surface area contributed by atoms with Crippen LogP contribution in [0, 0.1) is 13.8 Å². The zero-order chi connectivity index (χ0) is 20.4. The monoisotopic (exact) mass is 389 g/mol. The lowest BCUT2D eigenvalue weighted by Gasteiger charge is -2.37. The molecule has 1 aliphatic rings. The first kappa shape index (κ1) is 19.1. The number of aryl methyl sites for hydroxylation is 2. The number of benzene rings is 2. The van der Waals surface area contributed by atoms with Crippen molar-refractivity contribution in [1.82, 2.24) is 9.47 Å². The standard InChI is InChI=1S/C24H27N3O2/c1-4-29-21-11-8-19(9-12-21)23-22-6-5-13-26(22)14-15-27(23)24(28)25-20-10-7-17(2)18(3)16-20/h5-13,16,23H,4,14-15H2,1-3H3,(H,25,28)/t23-/m0/s1. The number of hydrogen-bond donors (Lipinski definition) is 1. The molecule has 0 radical (unpaired) electrons. The van der Waals surface area contributed by atoms with Gasteiger partial charge in [-0.15, -0.1) is 0 Å². The van der Waals surface area contributed by atoms with Crippen molar-refractivity contribution in [2.24, 2.45) is 0 Å². The molecule has 0 saturated heterocycles. The van der Waals surface area contributed by atoms with E-state index in [1.54, 1.807) is 0 Å². The van der Waals surface area contributed by atoms with Gasteiger partial charge in [-0.3, -0.25) is 0 Å². The van der Waals surface area contributed by atoms with Crippen LogP contribution in [0.2, 0.25) is 0 Å². The minimum atomic E-state index is -0.138. The fourth-order valence-corrected chi connectivity index (χ4v) is 3.88. The molecule has 150 valence electrons. The number of hydrogen-bond acceptors (Lipinski definition) is 2. The van der Waals surface area contributed by atoms with Crippen molar-refractivity contribution < 1.29 is 9.53 Å².